The Morgan fingerprint density at radius 1 is 1.40 bits per heavy atom. The van der Waals surface area contributed by atoms with Crippen molar-refractivity contribution in [3.63, 3.8) is 0 Å². The van der Waals surface area contributed by atoms with Crippen molar-refractivity contribution in [2.45, 2.75) is 20.8 Å². The zero-order chi connectivity index (χ0) is 7.91. The van der Waals surface area contributed by atoms with Gasteiger partial charge >= 0.3 is 0 Å². The van der Waals surface area contributed by atoms with Gasteiger partial charge in [-0.15, -0.1) is 10.8 Å². The van der Waals surface area contributed by atoms with Gasteiger partial charge < -0.3 is 14.9 Å². The Bertz CT molecular complexity index is 89.4. The van der Waals surface area contributed by atoms with E-state index in [1.807, 2.05) is 27.1 Å². The van der Waals surface area contributed by atoms with Crippen LogP contribution in [0.3, 0.4) is 0 Å². The molecule has 0 aromatic rings. The summed E-state index contributed by atoms with van der Waals surface area (Å²) in [6, 6.07) is 0. The van der Waals surface area contributed by atoms with Gasteiger partial charge in [0.25, 0.3) is 0 Å². The van der Waals surface area contributed by atoms with Gasteiger partial charge in [0.15, 0.2) is 0 Å². The standard InChI is InChI=1S/C5H9O.HNO2.V/c1-5(2,3)4-6;2-1-3;/h1-3H3;(H,2,3);/q-1;;/p-1. The Morgan fingerprint density at radius 3 is 1.50 bits per heavy atom. The van der Waals surface area contributed by atoms with E-state index in [-0.39, 0.29) is 24.0 Å². The fraction of sp³-hybridized carbons (Fsp3) is 0.800. The van der Waals surface area contributed by atoms with E-state index in [0.717, 1.165) is 5.34 Å². The van der Waals surface area contributed by atoms with Crippen molar-refractivity contribution < 1.29 is 23.4 Å². The van der Waals surface area contributed by atoms with Crippen LogP contribution < -0.4 is 0 Å². The molecule has 0 aromatic heterocycles. The first kappa shape index (κ1) is 16.3. The molecule has 0 spiro atoms. The van der Waals surface area contributed by atoms with Crippen molar-refractivity contribution in [1.29, 1.82) is 0 Å². The van der Waals surface area contributed by atoms with Gasteiger partial charge in [-0.2, -0.15) is 0 Å². The van der Waals surface area contributed by atoms with Gasteiger partial charge in [0.1, 0.15) is 0 Å². The second-order valence-electron chi connectivity index (χ2n) is 2.43. The summed E-state index contributed by atoms with van der Waals surface area (Å²) in [6.07, 6.45) is 1.85. The Morgan fingerprint density at radius 2 is 1.50 bits per heavy atom. The summed E-state index contributed by atoms with van der Waals surface area (Å²) >= 11 is 0. The Labute approximate surface area is 71.8 Å². The Balaban J connectivity index is -0.000000107. The molecule has 0 aliphatic heterocycles. The smallest absolute Gasteiger partial charge is 0 e. The molecule has 59 valence electrons. The predicted molar refractivity (Wildman–Crippen MR) is 34.3 cm³/mol. The summed E-state index contributed by atoms with van der Waals surface area (Å²) in [5.74, 6) is 0. The molecule has 0 bridgehead atoms. The van der Waals surface area contributed by atoms with Crippen molar-refractivity contribution in [3.05, 3.63) is 10.1 Å². The van der Waals surface area contributed by atoms with Crippen LogP contribution in [0.15, 0.2) is 5.34 Å². The maximum absolute atomic E-state index is 9.70. The molecule has 0 amide bonds. The van der Waals surface area contributed by atoms with Crippen molar-refractivity contribution in [2.75, 3.05) is 0 Å². The molecule has 5 heteroatoms. The summed E-state index contributed by atoms with van der Waals surface area (Å²) in [5, 5.41) is 9.00. The molecule has 0 fully saturated rings. The summed E-state index contributed by atoms with van der Waals surface area (Å²) in [6.45, 7) is 5.46. The van der Waals surface area contributed by atoms with Crippen LogP contribution in [0, 0.1) is 15.5 Å². The molecule has 0 heterocycles. The third-order valence-electron chi connectivity index (χ3n) is 0.306. The van der Waals surface area contributed by atoms with Crippen LogP contribution in [-0.2, 0) is 23.4 Å². The molecule has 10 heavy (non-hydrogen) atoms. The first-order valence-corrected chi connectivity index (χ1v) is 2.32. The summed E-state index contributed by atoms with van der Waals surface area (Å²) in [5.41, 5.74) is -0.264. The van der Waals surface area contributed by atoms with Gasteiger partial charge in [-0.05, 0) is 0 Å². The number of hydrogen-bond acceptors (Lipinski definition) is 4. The minimum absolute atomic E-state index is 0. The monoisotopic (exact) mass is 182 g/mol. The zero-order valence-electron chi connectivity index (χ0n) is 6.12. The average Bonchev–Trinajstić information content (AvgIpc) is 1.67. The molecular formula is C5H9NO3V-2. The van der Waals surface area contributed by atoms with E-state index in [1.54, 1.807) is 0 Å². The van der Waals surface area contributed by atoms with Crippen molar-refractivity contribution in [1.82, 2.24) is 0 Å². The van der Waals surface area contributed by atoms with E-state index in [1.165, 1.54) is 0 Å². The number of carbonyl (C=O) groups excluding carboxylic acids is 1. The predicted octanol–water partition coefficient (Wildman–Crippen LogP) is 1.39. The van der Waals surface area contributed by atoms with Crippen LogP contribution in [0.4, 0.5) is 0 Å². The van der Waals surface area contributed by atoms with E-state index in [0.29, 0.717) is 0 Å². The number of hydrogen-bond donors (Lipinski definition) is 0. The third kappa shape index (κ3) is 48.1. The van der Waals surface area contributed by atoms with Crippen LogP contribution in [-0.4, -0.2) is 6.29 Å². The summed E-state index contributed by atoms with van der Waals surface area (Å²) in [7, 11) is 0. The largest absolute Gasteiger partial charge is 0.541 e. The summed E-state index contributed by atoms with van der Waals surface area (Å²) in [4.78, 5) is 17.7. The second kappa shape index (κ2) is 8.65. The van der Waals surface area contributed by atoms with Crippen molar-refractivity contribution >= 4 is 6.29 Å². The van der Waals surface area contributed by atoms with Crippen LogP contribution in [0.2, 0.25) is 0 Å². The number of nitrogens with zero attached hydrogens (tertiary/aromatic N) is 1. The number of rotatable bonds is 0. The maximum Gasteiger partial charge on any atom is 0 e. The molecule has 0 aliphatic carbocycles. The van der Waals surface area contributed by atoms with Gasteiger partial charge in [-0.3, -0.25) is 6.29 Å². The van der Waals surface area contributed by atoms with Crippen LogP contribution in [0.25, 0.3) is 0 Å². The molecule has 0 aliphatic rings. The molecule has 0 rings (SSSR count). The van der Waals surface area contributed by atoms with Crippen LogP contribution in [0.1, 0.15) is 20.8 Å². The van der Waals surface area contributed by atoms with Gasteiger partial charge in [0.2, 0.25) is 0 Å². The average molecular weight is 182 g/mol. The first-order valence-electron chi connectivity index (χ1n) is 2.32. The van der Waals surface area contributed by atoms with Gasteiger partial charge in [-0.1, -0.05) is 20.8 Å². The minimum atomic E-state index is -0.264. The van der Waals surface area contributed by atoms with Crippen molar-refractivity contribution in [2.24, 2.45) is 10.8 Å². The van der Waals surface area contributed by atoms with Crippen LogP contribution in [0.5, 0.6) is 0 Å². The van der Waals surface area contributed by atoms with E-state index >= 15 is 0 Å². The quantitative estimate of drug-likeness (QED) is 0.323. The fourth-order valence-corrected chi connectivity index (χ4v) is 0. The van der Waals surface area contributed by atoms with Gasteiger partial charge in [0, 0.05) is 18.6 Å². The second-order valence-corrected chi connectivity index (χ2v) is 2.43. The van der Waals surface area contributed by atoms with E-state index < -0.39 is 0 Å². The zero-order valence-corrected chi connectivity index (χ0v) is 7.52. The molecule has 0 saturated carbocycles. The maximum atomic E-state index is 9.70. The molecule has 1 radical (unpaired) electrons. The topological polar surface area (TPSA) is 69.6 Å². The van der Waals surface area contributed by atoms with E-state index in [2.05, 4.69) is 0 Å². The van der Waals surface area contributed by atoms with Gasteiger partial charge in [-0.25, -0.2) is 0 Å². The SMILES string of the molecule is CC(C)(C)[C-]=O.O=N[O-].[V]. The summed E-state index contributed by atoms with van der Waals surface area (Å²) < 4.78 is 0. The van der Waals surface area contributed by atoms with Gasteiger partial charge in [0.05, 0.1) is 0 Å². The Hall–Kier alpha value is -0.346. The third-order valence-corrected chi connectivity index (χ3v) is 0.306. The first-order chi connectivity index (χ1) is 3.97. The normalized spacial score (nSPS) is 7.90. The fourth-order valence-electron chi connectivity index (χ4n) is 0. The minimum Gasteiger partial charge on any atom is -0.541 e. The van der Waals surface area contributed by atoms with E-state index in [4.69, 9.17) is 10.1 Å². The van der Waals surface area contributed by atoms with Crippen molar-refractivity contribution in [3.8, 4) is 0 Å². The Kier molecular flexibility index (Phi) is 14.1. The molecule has 0 atom stereocenters. The molecular weight excluding hydrogens is 173 g/mol. The molecule has 0 saturated heterocycles. The molecule has 0 unspecified atom stereocenters. The van der Waals surface area contributed by atoms with Crippen LogP contribution >= 0.6 is 0 Å². The molecule has 4 nitrogen and oxygen atoms in total. The molecule has 0 aromatic carbocycles. The van der Waals surface area contributed by atoms with E-state index in [9.17, 15) is 4.79 Å². The molecule has 0 N–H and O–H groups in total.